The highest BCUT2D eigenvalue weighted by atomic mass is 79.9. The zero-order chi connectivity index (χ0) is 14.5. The molecule has 1 heterocycles. The van der Waals surface area contributed by atoms with Gasteiger partial charge in [0.1, 0.15) is 0 Å². The highest BCUT2D eigenvalue weighted by molar-refractivity contribution is 9.10. The Morgan fingerprint density at radius 2 is 2.10 bits per heavy atom. The Bertz CT molecular complexity index is 573. The zero-order valence-electron chi connectivity index (χ0n) is 11.4. The molecule has 2 rings (SSSR count). The lowest BCUT2D eigenvalue weighted by atomic mass is 10.2. The van der Waals surface area contributed by atoms with Gasteiger partial charge in [-0.1, -0.05) is 39.8 Å². The molecule has 0 bridgehead atoms. The van der Waals surface area contributed by atoms with Crippen molar-refractivity contribution in [2.45, 2.75) is 25.1 Å². The second kappa shape index (κ2) is 7.10. The molecule has 1 aromatic heterocycles. The van der Waals surface area contributed by atoms with E-state index in [9.17, 15) is 0 Å². The van der Waals surface area contributed by atoms with Crippen LogP contribution >= 0.6 is 27.7 Å². The van der Waals surface area contributed by atoms with Crippen LogP contribution in [-0.4, -0.2) is 33.3 Å². The van der Waals surface area contributed by atoms with Crippen molar-refractivity contribution < 1.29 is 4.74 Å². The molecule has 5 nitrogen and oxygen atoms in total. The monoisotopic (exact) mass is 356 g/mol. The molecular weight excluding hydrogens is 340 g/mol. The van der Waals surface area contributed by atoms with Crippen LogP contribution in [0.5, 0.6) is 0 Å². The van der Waals surface area contributed by atoms with E-state index in [4.69, 9.17) is 10.6 Å². The highest BCUT2D eigenvalue weighted by Gasteiger charge is 2.14. The average molecular weight is 357 g/mol. The van der Waals surface area contributed by atoms with Gasteiger partial charge in [0, 0.05) is 15.8 Å². The Morgan fingerprint density at radius 3 is 2.80 bits per heavy atom. The van der Waals surface area contributed by atoms with Crippen LogP contribution in [0.1, 0.15) is 13.8 Å². The molecule has 0 amide bonds. The summed E-state index contributed by atoms with van der Waals surface area (Å²) in [5, 5.41) is 8.96. The van der Waals surface area contributed by atoms with E-state index in [0.29, 0.717) is 17.6 Å². The Hall–Kier alpha value is -1.05. The number of nitrogens with two attached hydrogens (primary N) is 1. The third-order valence-electron chi connectivity index (χ3n) is 2.54. The van der Waals surface area contributed by atoms with Crippen molar-refractivity contribution in [1.29, 1.82) is 0 Å². The molecule has 0 fully saturated rings. The zero-order valence-corrected chi connectivity index (χ0v) is 13.8. The largest absolute Gasteiger partial charge is 0.378 e. The molecular formula is C13H17BrN4OS. The van der Waals surface area contributed by atoms with Gasteiger partial charge in [0.2, 0.25) is 5.16 Å². The van der Waals surface area contributed by atoms with E-state index in [1.807, 2.05) is 38.1 Å². The molecule has 108 valence electrons. The number of hydrogen-bond acceptors (Lipinski definition) is 5. The third-order valence-corrected chi connectivity index (χ3v) is 4.14. The maximum Gasteiger partial charge on any atom is 0.210 e. The summed E-state index contributed by atoms with van der Waals surface area (Å²) in [5.41, 5.74) is 0.924. The molecule has 0 saturated heterocycles. The fraction of sp³-hybridized carbons (Fsp3) is 0.385. The summed E-state index contributed by atoms with van der Waals surface area (Å²) < 4.78 is 7.94. The number of thioether (sulfide) groups is 1. The smallest absolute Gasteiger partial charge is 0.210 e. The molecule has 0 aliphatic carbocycles. The van der Waals surface area contributed by atoms with Crippen molar-refractivity contribution in [3.63, 3.8) is 0 Å². The number of nitrogens with zero attached hydrogens (tertiary/aromatic N) is 3. The lowest BCUT2D eigenvalue weighted by molar-refractivity contribution is 0.0920. The summed E-state index contributed by atoms with van der Waals surface area (Å²) in [6, 6.07) is 7.79. The third kappa shape index (κ3) is 3.74. The summed E-state index contributed by atoms with van der Waals surface area (Å²) in [6.45, 7) is 4.70. The molecule has 7 heteroatoms. The molecule has 0 aliphatic heterocycles. The lowest BCUT2D eigenvalue weighted by Gasteiger charge is -2.07. The van der Waals surface area contributed by atoms with Crippen molar-refractivity contribution in [3.05, 3.63) is 28.7 Å². The van der Waals surface area contributed by atoms with Gasteiger partial charge in [0.05, 0.1) is 12.7 Å². The Morgan fingerprint density at radius 1 is 1.35 bits per heavy atom. The summed E-state index contributed by atoms with van der Waals surface area (Å²) in [7, 11) is 0. The van der Waals surface area contributed by atoms with Gasteiger partial charge in [-0.05, 0) is 26.0 Å². The lowest BCUT2D eigenvalue weighted by Crippen LogP contribution is -2.12. The molecule has 0 atom stereocenters. The quantitative estimate of drug-likeness (QED) is 0.489. The van der Waals surface area contributed by atoms with Crippen molar-refractivity contribution >= 4 is 27.7 Å². The fourth-order valence-electron chi connectivity index (χ4n) is 1.62. The summed E-state index contributed by atoms with van der Waals surface area (Å²) >= 11 is 5.03. The van der Waals surface area contributed by atoms with Crippen LogP contribution in [0.3, 0.4) is 0 Å². The first-order valence-corrected chi connectivity index (χ1v) is 8.07. The minimum Gasteiger partial charge on any atom is -0.378 e. The van der Waals surface area contributed by atoms with Gasteiger partial charge in [-0.25, -0.2) is 4.68 Å². The Labute approximate surface area is 131 Å². The maximum atomic E-state index is 6.06. The molecule has 0 saturated carbocycles. The van der Waals surface area contributed by atoms with Gasteiger partial charge in [-0.2, -0.15) is 0 Å². The topological polar surface area (TPSA) is 66.0 Å². The molecule has 2 aromatic rings. The number of aromatic nitrogens is 3. The summed E-state index contributed by atoms with van der Waals surface area (Å²) in [6.07, 6.45) is 0.238. The van der Waals surface area contributed by atoms with E-state index >= 15 is 0 Å². The standard InChI is InChI=1S/C13H17BrN4OS/c1-9(2)19-7-8-20-13-17-16-12(18(13)15)10-5-3-4-6-11(10)14/h3-6,9H,7-8,15H2,1-2H3. The van der Waals surface area contributed by atoms with Crippen molar-refractivity contribution in [2.75, 3.05) is 18.2 Å². The van der Waals surface area contributed by atoms with Crippen LogP contribution in [0.15, 0.2) is 33.9 Å². The molecule has 0 radical (unpaired) electrons. The fourth-order valence-corrected chi connectivity index (χ4v) is 2.77. The average Bonchev–Trinajstić information content (AvgIpc) is 2.77. The van der Waals surface area contributed by atoms with Crippen LogP contribution < -0.4 is 5.84 Å². The minimum absolute atomic E-state index is 0.238. The van der Waals surface area contributed by atoms with Crippen molar-refractivity contribution in [3.8, 4) is 11.4 Å². The maximum absolute atomic E-state index is 6.06. The van der Waals surface area contributed by atoms with Crippen LogP contribution in [0, 0.1) is 0 Å². The van der Waals surface area contributed by atoms with Crippen molar-refractivity contribution in [1.82, 2.24) is 14.9 Å². The van der Waals surface area contributed by atoms with E-state index in [1.54, 1.807) is 0 Å². The molecule has 1 aromatic carbocycles. The first-order chi connectivity index (χ1) is 9.59. The van der Waals surface area contributed by atoms with Gasteiger partial charge >= 0.3 is 0 Å². The van der Waals surface area contributed by atoms with E-state index < -0.39 is 0 Å². The van der Waals surface area contributed by atoms with Crippen LogP contribution in [-0.2, 0) is 4.74 Å². The molecule has 0 unspecified atom stereocenters. The Kier molecular flexibility index (Phi) is 5.45. The highest BCUT2D eigenvalue weighted by Crippen LogP contribution is 2.27. The van der Waals surface area contributed by atoms with Gasteiger partial charge in [-0.15, -0.1) is 10.2 Å². The molecule has 0 spiro atoms. The van der Waals surface area contributed by atoms with Crippen LogP contribution in [0.2, 0.25) is 0 Å². The second-order valence-corrected chi connectivity index (χ2v) is 6.34. The van der Waals surface area contributed by atoms with Crippen LogP contribution in [0.4, 0.5) is 0 Å². The van der Waals surface area contributed by atoms with Gasteiger partial charge < -0.3 is 10.6 Å². The number of halogens is 1. The first-order valence-electron chi connectivity index (χ1n) is 6.29. The van der Waals surface area contributed by atoms with E-state index in [1.165, 1.54) is 16.4 Å². The molecule has 0 aliphatic rings. The summed E-state index contributed by atoms with van der Waals surface area (Å²) in [4.78, 5) is 0. The SMILES string of the molecule is CC(C)OCCSc1nnc(-c2ccccc2Br)n1N. The van der Waals surface area contributed by atoms with E-state index in [2.05, 4.69) is 26.1 Å². The van der Waals surface area contributed by atoms with E-state index in [-0.39, 0.29) is 6.10 Å². The predicted octanol–water partition coefficient (Wildman–Crippen LogP) is 2.94. The van der Waals surface area contributed by atoms with Gasteiger partial charge in [-0.3, -0.25) is 0 Å². The minimum atomic E-state index is 0.238. The number of nitrogen functional groups attached to an aromatic ring is 1. The van der Waals surface area contributed by atoms with Gasteiger partial charge in [0.15, 0.2) is 5.82 Å². The van der Waals surface area contributed by atoms with Crippen LogP contribution in [0.25, 0.3) is 11.4 Å². The normalized spacial score (nSPS) is 11.2. The van der Waals surface area contributed by atoms with Crippen molar-refractivity contribution in [2.24, 2.45) is 0 Å². The number of rotatable bonds is 6. The summed E-state index contributed by atoms with van der Waals surface area (Å²) in [5.74, 6) is 7.49. The number of hydrogen-bond donors (Lipinski definition) is 1. The Balaban J connectivity index is 2.06. The number of ether oxygens (including phenoxy) is 1. The van der Waals surface area contributed by atoms with Gasteiger partial charge in [0.25, 0.3) is 0 Å². The molecule has 2 N–H and O–H groups in total. The first kappa shape index (κ1) is 15.3. The molecule has 20 heavy (non-hydrogen) atoms. The second-order valence-electron chi connectivity index (χ2n) is 4.42. The number of benzene rings is 1. The van der Waals surface area contributed by atoms with E-state index in [0.717, 1.165) is 15.8 Å². The predicted molar refractivity (Wildman–Crippen MR) is 85.1 cm³/mol.